The lowest BCUT2D eigenvalue weighted by Crippen LogP contribution is -2.35. The monoisotopic (exact) mass is 231 g/mol. The Balaban J connectivity index is 2.64. The minimum Gasteiger partial charge on any atom is -0.507 e. The van der Waals surface area contributed by atoms with Crippen LogP contribution in [0.4, 0.5) is 0 Å². The predicted octanol–water partition coefficient (Wildman–Crippen LogP) is 2.92. The van der Waals surface area contributed by atoms with Gasteiger partial charge in [-0.25, -0.2) is 0 Å². The maximum Gasteiger partial charge on any atom is 0.191 e. The van der Waals surface area contributed by atoms with Crippen LogP contribution in [0.5, 0.6) is 11.5 Å². The quantitative estimate of drug-likeness (QED) is 0.747. The number of hydrogen-bond donors (Lipinski definition) is 1. The number of fused-ring (bicyclic) bond motifs is 1. The molecule has 0 saturated heterocycles. The van der Waals surface area contributed by atoms with Crippen LogP contribution in [0.3, 0.4) is 0 Å². The second kappa shape index (κ2) is 3.66. The van der Waals surface area contributed by atoms with Crippen LogP contribution in [-0.2, 0) is 6.42 Å². The normalized spacial score (nSPS) is 22.5. The molecule has 3 nitrogen and oxygen atoms in total. The van der Waals surface area contributed by atoms with E-state index in [0.29, 0.717) is 12.2 Å². The van der Waals surface area contributed by atoms with E-state index in [2.05, 4.69) is 6.07 Å². The van der Waals surface area contributed by atoms with Gasteiger partial charge in [0.15, 0.2) is 5.60 Å². The molecule has 1 unspecified atom stereocenters. The predicted molar refractivity (Wildman–Crippen MR) is 65.3 cm³/mol. The van der Waals surface area contributed by atoms with Crippen molar-refractivity contribution in [2.45, 2.75) is 46.1 Å². The smallest absolute Gasteiger partial charge is 0.191 e. The second-order valence-corrected chi connectivity index (χ2v) is 4.98. The Morgan fingerprint density at radius 2 is 1.88 bits per heavy atom. The molecule has 0 bridgehead atoms. The minimum absolute atomic E-state index is 0.352. The Bertz CT molecular complexity index is 528. The minimum atomic E-state index is -0.742. The summed E-state index contributed by atoms with van der Waals surface area (Å²) in [6, 6.07) is 2.22. The summed E-state index contributed by atoms with van der Waals surface area (Å²) in [5.74, 6) is 1.14. The van der Waals surface area contributed by atoms with Gasteiger partial charge in [0.2, 0.25) is 0 Å². The summed E-state index contributed by atoms with van der Waals surface area (Å²) in [5, 5.41) is 19.1. The lowest BCUT2D eigenvalue weighted by molar-refractivity contribution is 0.120. The van der Waals surface area contributed by atoms with Crippen molar-refractivity contribution in [3.05, 3.63) is 22.3 Å². The summed E-state index contributed by atoms with van der Waals surface area (Å²) in [5.41, 5.74) is 2.95. The third kappa shape index (κ3) is 1.64. The summed E-state index contributed by atoms with van der Waals surface area (Å²) in [7, 11) is 0. The van der Waals surface area contributed by atoms with Crippen LogP contribution in [0.25, 0.3) is 0 Å². The van der Waals surface area contributed by atoms with Crippen molar-refractivity contribution >= 4 is 0 Å². The molecule has 90 valence electrons. The number of rotatable bonds is 0. The maximum absolute atomic E-state index is 10.0. The van der Waals surface area contributed by atoms with Gasteiger partial charge >= 0.3 is 0 Å². The molecule has 1 aliphatic rings. The SMILES string of the molecule is Cc1c(C)c2c(c(C)c1O)CCC(C)(C#N)O2. The Morgan fingerprint density at radius 3 is 2.47 bits per heavy atom. The number of nitrogens with zero attached hydrogens (tertiary/aromatic N) is 1. The van der Waals surface area contributed by atoms with Gasteiger partial charge in [-0.15, -0.1) is 0 Å². The zero-order valence-corrected chi connectivity index (χ0v) is 10.7. The molecule has 1 atom stereocenters. The molecule has 1 aromatic rings. The summed E-state index contributed by atoms with van der Waals surface area (Å²) >= 11 is 0. The van der Waals surface area contributed by atoms with Crippen molar-refractivity contribution in [3.63, 3.8) is 0 Å². The van der Waals surface area contributed by atoms with E-state index >= 15 is 0 Å². The molecule has 0 spiro atoms. The largest absolute Gasteiger partial charge is 0.507 e. The molecule has 3 heteroatoms. The molecule has 0 saturated carbocycles. The Kier molecular flexibility index (Phi) is 2.54. The van der Waals surface area contributed by atoms with Gasteiger partial charge < -0.3 is 9.84 Å². The third-order valence-electron chi connectivity index (χ3n) is 3.76. The Morgan fingerprint density at radius 1 is 1.24 bits per heavy atom. The average molecular weight is 231 g/mol. The van der Waals surface area contributed by atoms with E-state index in [0.717, 1.165) is 34.4 Å². The molecule has 17 heavy (non-hydrogen) atoms. The molecule has 0 fully saturated rings. The lowest BCUT2D eigenvalue weighted by atomic mass is 9.88. The van der Waals surface area contributed by atoms with Crippen molar-refractivity contribution in [2.75, 3.05) is 0 Å². The van der Waals surface area contributed by atoms with E-state index in [9.17, 15) is 5.11 Å². The first kappa shape index (κ1) is 11.8. The van der Waals surface area contributed by atoms with Crippen LogP contribution < -0.4 is 4.74 Å². The molecule has 0 radical (unpaired) electrons. The third-order valence-corrected chi connectivity index (χ3v) is 3.76. The van der Waals surface area contributed by atoms with Gasteiger partial charge in [0.05, 0.1) is 0 Å². The fourth-order valence-corrected chi connectivity index (χ4v) is 2.33. The van der Waals surface area contributed by atoms with Gasteiger partial charge in [0.1, 0.15) is 17.6 Å². The number of ether oxygens (including phenoxy) is 1. The van der Waals surface area contributed by atoms with Crippen LogP contribution in [0, 0.1) is 32.1 Å². The Labute approximate surface area is 102 Å². The van der Waals surface area contributed by atoms with Crippen molar-refractivity contribution in [2.24, 2.45) is 0 Å². The fraction of sp³-hybridized carbons (Fsp3) is 0.500. The molecule has 0 aliphatic carbocycles. The van der Waals surface area contributed by atoms with Crippen molar-refractivity contribution in [3.8, 4) is 17.6 Å². The highest BCUT2D eigenvalue weighted by molar-refractivity contribution is 5.58. The molecular weight excluding hydrogens is 214 g/mol. The molecule has 0 amide bonds. The summed E-state index contributed by atoms with van der Waals surface area (Å²) in [6.07, 6.45) is 1.44. The van der Waals surface area contributed by atoms with Crippen LogP contribution in [-0.4, -0.2) is 10.7 Å². The van der Waals surface area contributed by atoms with Crippen molar-refractivity contribution in [1.82, 2.24) is 0 Å². The van der Waals surface area contributed by atoms with Crippen LogP contribution in [0.15, 0.2) is 0 Å². The fourth-order valence-electron chi connectivity index (χ4n) is 2.33. The highest BCUT2D eigenvalue weighted by atomic mass is 16.5. The van der Waals surface area contributed by atoms with Gasteiger partial charge in [-0.05, 0) is 50.8 Å². The maximum atomic E-state index is 10.0. The van der Waals surface area contributed by atoms with E-state index in [1.165, 1.54) is 0 Å². The molecule has 0 aromatic heterocycles. The highest BCUT2D eigenvalue weighted by Gasteiger charge is 2.34. The first-order valence-electron chi connectivity index (χ1n) is 5.81. The molecule has 2 rings (SSSR count). The molecule has 1 N–H and O–H groups in total. The van der Waals surface area contributed by atoms with E-state index in [-0.39, 0.29) is 0 Å². The number of hydrogen-bond acceptors (Lipinski definition) is 3. The van der Waals surface area contributed by atoms with Crippen LogP contribution in [0.2, 0.25) is 0 Å². The topological polar surface area (TPSA) is 53.2 Å². The lowest BCUT2D eigenvalue weighted by Gasteiger charge is -2.33. The number of aromatic hydroxyl groups is 1. The van der Waals surface area contributed by atoms with Crippen molar-refractivity contribution < 1.29 is 9.84 Å². The van der Waals surface area contributed by atoms with Gasteiger partial charge in [-0.3, -0.25) is 0 Å². The Hall–Kier alpha value is -1.69. The molecular formula is C14H17NO2. The summed E-state index contributed by atoms with van der Waals surface area (Å²) in [6.45, 7) is 7.52. The summed E-state index contributed by atoms with van der Waals surface area (Å²) < 4.78 is 5.84. The van der Waals surface area contributed by atoms with E-state index in [1.54, 1.807) is 0 Å². The van der Waals surface area contributed by atoms with E-state index < -0.39 is 5.60 Å². The molecule has 1 heterocycles. The van der Waals surface area contributed by atoms with Gasteiger partial charge in [0, 0.05) is 12.0 Å². The zero-order chi connectivity index (χ0) is 12.8. The summed E-state index contributed by atoms with van der Waals surface area (Å²) in [4.78, 5) is 0. The second-order valence-electron chi connectivity index (χ2n) is 4.98. The number of benzene rings is 1. The van der Waals surface area contributed by atoms with Gasteiger partial charge in [0.25, 0.3) is 0 Å². The first-order valence-corrected chi connectivity index (χ1v) is 5.81. The van der Waals surface area contributed by atoms with Gasteiger partial charge in [-0.1, -0.05) is 0 Å². The van der Waals surface area contributed by atoms with Crippen molar-refractivity contribution in [1.29, 1.82) is 5.26 Å². The van der Waals surface area contributed by atoms with Crippen LogP contribution in [0.1, 0.15) is 35.6 Å². The molecule has 1 aromatic carbocycles. The van der Waals surface area contributed by atoms with E-state index in [1.807, 2.05) is 27.7 Å². The number of nitriles is 1. The molecule has 1 aliphatic heterocycles. The standard InChI is InChI=1S/C14H17NO2/c1-8-9(2)13-11(10(3)12(8)16)5-6-14(4,7-15)17-13/h16H,5-6H2,1-4H3. The van der Waals surface area contributed by atoms with E-state index in [4.69, 9.17) is 10.00 Å². The average Bonchev–Trinajstić information content (AvgIpc) is 2.33. The number of phenolic OH excluding ortho intramolecular Hbond substituents is 1. The zero-order valence-electron chi connectivity index (χ0n) is 10.7. The van der Waals surface area contributed by atoms with Crippen LogP contribution >= 0.6 is 0 Å². The highest BCUT2D eigenvalue weighted by Crippen LogP contribution is 2.42. The van der Waals surface area contributed by atoms with Gasteiger partial charge in [-0.2, -0.15) is 5.26 Å². The number of phenols is 1. The first-order chi connectivity index (χ1) is 7.89.